The first-order chi connectivity index (χ1) is 52.6. The van der Waals surface area contributed by atoms with Crippen LogP contribution in [0, 0.1) is 11.8 Å². The number of aromatic nitrogens is 3. The van der Waals surface area contributed by atoms with Crippen molar-refractivity contribution < 1.29 is 81.8 Å². The number of nitrogens with one attached hydrogen (secondary N) is 16. The van der Waals surface area contributed by atoms with E-state index in [2.05, 4.69) is 89.4 Å². The molecule has 0 fully saturated rings. The number of H-pyrrole nitrogens is 2. The Kier molecular flexibility index (Phi) is 43.5. The highest BCUT2D eigenvalue weighted by Gasteiger charge is 2.36. The van der Waals surface area contributed by atoms with Crippen LogP contribution in [0.5, 0.6) is 0 Å². The number of nitrogens with zero attached hydrogens (tertiary/aromatic N) is 2. The number of thioether (sulfide) groups is 2. The number of likely N-dealkylation sites (N-methyl/N-ethyl adjacent to an activating group) is 1. The number of para-hydroxylation sites is 1. The van der Waals surface area contributed by atoms with Gasteiger partial charge in [-0.3, -0.25) is 76.7 Å². The van der Waals surface area contributed by atoms with Gasteiger partial charge in [-0.05, 0) is 127 Å². The second-order valence-corrected chi connectivity index (χ2v) is 29.5. The third-order valence-corrected chi connectivity index (χ3v) is 18.5. The average molecular weight is 1600 g/mol. The summed E-state index contributed by atoms with van der Waals surface area (Å²) in [4.78, 5) is 228. The summed E-state index contributed by atoms with van der Waals surface area (Å²) < 4.78 is 0. The number of imidazole rings is 1. The summed E-state index contributed by atoms with van der Waals surface area (Å²) in [7, 11) is 3.22. The Morgan fingerprint density at radius 1 is 0.541 bits per heavy atom. The minimum Gasteiger partial charge on any atom is -0.394 e. The first-order valence-electron chi connectivity index (χ1n) is 36.5. The second-order valence-electron chi connectivity index (χ2n) is 27.5. The highest BCUT2D eigenvalue weighted by atomic mass is 32.2. The van der Waals surface area contributed by atoms with Crippen molar-refractivity contribution in [3.8, 4) is 0 Å². The molecule has 0 spiro atoms. The van der Waals surface area contributed by atoms with Gasteiger partial charge in [-0.15, -0.1) is 11.8 Å². The lowest BCUT2D eigenvalue weighted by molar-refractivity contribution is -0.136. The van der Waals surface area contributed by atoms with Gasteiger partial charge in [-0.25, -0.2) is 4.98 Å². The number of aliphatic hydroxyl groups excluding tert-OH is 1. The number of hydrogen-bond donors (Lipinski definition) is 21. The highest BCUT2D eigenvalue weighted by Crippen LogP contribution is 2.20. The molecule has 1 aromatic carbocycles. The number of hydrogen-bond acceptors (Lipinski definition) is 23. The summed E-state index contributed by atoms with van der Waals surface area (Å²) in [5.41, 5.74) is 24.4. The summed E-state index contributed by atoms with van der Waals surface area (Å²) in [6, 6.07) is -8.12. The summed E-state index contributed by atoms with van der Waals surface area (Å²) in [6.45, 7) is 7.35. The molecule has 618 valence electrons. The first-order valence-corrected chi connectivity index (χ1v) is 39.1. The zero-order valence-corrected chi connectivity index (χ0v) is 66.0. The van der Waals surface area contributed by atoms with Crippen molar-refractivity contribution in [2.75, 3.05) is 77.1 Å². The number of benzene rings is 1. The number of amides is 16. The second kappa shape index (κ2) is 50.8. The fourth-order valence-electron chi connectivity index (χ4n) is 11.0. The molecule has 0 saturated heterocycles. The van der Waals surface area contributed by atoms with Crippen LogP contribution in [0.15, 0.2) is 43.0 Å². The topological polar surface area (TPSA) is 614 Å². The van der Waals surface area contributed by atoms with Gasteiger partial charge in [0, 0.05) is 60.9 Å². The number of rotatable bonds is 54. The van der Waals surface area contributed by atoms with Crippen LogP contribution < -0.4 is 97.4 Å². The number of carbonyl (C=O) groups is 16. The first kappa shape index (κ1) is 95.2. The number of carbonyl (C=O) groups excluding carboxylic acids is 16. The third kappa shape index (κ3) is 36.2. The van der Waals surface area contributed by atoms with Crippen LogP contribution in [-0.2, 0) is 89.6 Å². The summed E-state index contributed by atoms with van der Waals surface area (Å²) in [5, 5.41) is 46.4. The van der Waals surface area contributed by atoms with Crippen LogP contribution in [0.2, 0.25) is 0 Å². The highest BCUT2D eigenvalue weighted by molar-refractivity contribution is 7.99. The lowest BCUT2D eigenvalue weighted by Gasteiger charge is -2.27. The predicted molar refractivity (Wildman–Crippen MR) is 415 cm³/mol. The summed E-state index contributed by atoms with van der Waals surface area (Å²) in [6.07, 6.45) is 6.45. The van der Waals surface area contributed by atoms with Crippen molar-refractivity contribution in [3.63, 3.8) is 0 Å². The average Bonchev–Trinajstić information content (AvgIpc) is 1.70. The molecule has 0 aliphatic rings. The van der Waals surface area contributed by atoms with E-state index in [1.165, 1.54) is 43.0 Å². The van der Waals surface area contributed by atoms with Crippen LogP contribution in [0.1, 0.15) is 117 Å². The van der Waals surface area contributed by atoms with Crippen molar-refractivity contribution in [3.05, 3.63) is 54.2 Å². The fraction of sp³-hybridized carbons (Fsp3) is 0.614. The van der Waals surface area contributed by atoms with Crippen molar-refractivity contribution in [2.45, 2.75) is 185 Å². The van der Waals surface area contributed by atoms with Gasteiger partial charge >= 0.3 is 0 Å². The van der Waals surface area contributed by atoms with Gasteiger partial charge in [0.2, 0.25) is 94.5 Å². The van der Waals surface area contributed by atoms with Gasteiger partial charge in [0.05, 0.1) is 38.4 Å². The molecule has 25 N–H and O–H groups in total. The molecule has 2 heterocycles. The Labute approximate surface area is 653 Å². The maximum Gasteiger partial charge on any atom is 0.245 e. The molecule has 41 heteroatoms. The Morgan fingerprint density at radius 2 is 1.05 bits per heavy atom. The van der Waals surface area contributed by atoms with Crippen LogP contribution in [0.25, 0.3) is 10.9 Å². The molecule has 0 unspecified atom stereocenters. The fourth-order valence-corrected chi connectivity index (χ4v) is 12.3. The molecule has 3 rings (SSSR count). The van der Waals surface area contributed by atoms with Crippen molar-refractivity contribution in [1.29, 1.82) is 0 Å². The molecule has 0 bridgehead atoms. The van der Waals surface area contributed by atoms with E-state index in [0.717, 1.165) is 11.8 Å². The smallest absolute Gasteiger partial charge is 0.245 e. The zero-order chi connectivity index (χ0) is 82.9. The molecule has 0 saturated carbocycles. The van der Waals surface area contributed by atoms with Crippen molar-refractivity contribution >= 4 is 129 Å². The van der Waals surface area contributed by atoms with Gasteiger partial charge in [0.25, 0.3) is 0 Å². The molecule has 39 nitrogen and oxygen atoms in total. The summed E-state index contributed by atoms with van der Waals surface area (Å²) >= 11 is 2.47. The number of unbranched alkanes of at least 4 members (excludes halogenated alkanes) is 2. The van der Waals surface area contributed by atoms with Gasteiger partial charge in [0.15, 0.2) is 0 Å². The van der Waals surface area contributed by atoms with E-state index in [-0.39, 0.29) is 94.5 Å². The van der Waals surface area contributed by atoms with E-state index < -0.39 is 194 Å². The third-order valence-electron chi connectivity index (χ3n) is 16.9. The lowest BCUT2D eigenvalue weighted by Crippen LogP contribution is -2.60. The number of fused-ring (bicyclic) bond motifs is 1. The Hall–Kier alpha value is -9.97. The van der Waals surface area contributed by atoms with E-state index in [0.29, 0.717) is 40.8 Å². The van der Waals surface area contributed by atoms with Gasteiger partial charge in [0.1, 0.15) is 66.5 Å². The number of aromatic amines is 2. The minimum absolute atomic E-state index is 0.0156. The lowest BCUT2D eigenvalue weighted by atomic mass is 10.0. The number of nitrogens with two attached hydrogens (primary N) is 4. The molecule has 2 aromatic heterocycles. The largest absolute Gasteiger partial charge is 0.394 e. The van der Waals surface area contributed by atoms with E-state index in [1.54, 1.807) is 58.4 Å². The molecule has 0 aliphatic heterocycles. The molecular formula is C70H114N22O17S2. The Balaban J connectivity index is 1.87. The monoisotopic (exact) mass is 1600 g/mol. The Morgan fingerprint density at radius 3 is 1.60 bits per heavy atom. The molecule has 0 radical (unpaired) electrons. The van der Waals surface area contributed by atoms with Crippen LogP contribution in [0.3, 0.4) is 0 Å². The van der Waals surface area contributed by atoms with Crippen LogP contribution in [0.4, 0.5) is 0 Å². The van der Waals surface area contributed by atoms with Gasteiger partial charge in [-0.1, -0.05) is 45.9 Å². The van der Waals surface area contributed by atoms with Crippen LogP contribution in [-0.4, -0.2) is 263 Å². The maximum atomic E-state index is 14.7. The number of primary amides is 2. The van der Waals surface area contributed by atoms with Crippen LogP contribution >= 0.6 is 23.5 Å². The Bertz CT molecular complexity index is 3580. The van der Waals surface area contributed by atoms with E-state index in [4.69, 9.17) is 22.9 Å². The molecule has 16 amide bonds. The zero-order valence-electron chi connectivity index (χ0n) is 64.4. The molecule has 111 heavy (non-hydrogen) atoms. The predicted octanol–water partition coefficient (Wildman–Crippen LogP) is -5.89. The molecular weight excluding hydrogens is 1490 g/mol. The van der Waals surface area contributed by atoms with Gasteiger partial charge < -0.3 is 117 Å². The van der Waals surface area contributed by atoms with E-state index >= 15 is 0 Å². The quantitative estimate of drug-likeness (QED) is 0.0185. The number of aliphatic hydroxyl groups is 1. The van der Waals surface area contributed by atoms with E-state index in [1.807, 2.05) is 20.1 Å². The SMILES string of the molecule is CSCC[C@H](NC(=O)[C@H](CC(C)C)NC(=O)[C@H](Cc1cnc[nH]1)NC(=O)CNC(=O)[C@@H](NC(=O)[C@H](C)NC(=O)[C@H](Cc1c[nH]c2ccccc12)NC(=O)[C@H](CCC(N)=O)NC(=O)[C@H](CCCCN)NC(=O)[C@H](CCCCN)NC(=O)CNC(=O)[C@H](CSCNC(C)=O)NC(=O)[C@H](CO)NC(=O)CN(C)C)C(C)C)C(N)=O. The molecule has 0 aliphatic carbocycles. The minimum atomic E-state index is -1.64. The van der Waals surface area contributed by atoms with E-state index in [9.17, 15) is 81.8 Å². The maximum absolute atomic E-state index is 14.7. The normalized spacial score (nSPS) is 14.2. The van der Waals surface area contributed by atoms with Gasteiger partial charge in [-0.2, -0.15) is 11.8 Å². The van der Waals surface area contributed by atoms with Crippen molar-refractivity contribution in [1.82, 2.24) is 94.3 Å². The molecule has 3 aromatic rings. The summed E-state index contributed by atoms with van der Waals surface area (Å²) in [5.74, 6) is -13.6. The standard InChI is InChI=1S/C70H114N22O17S2/c1-38(2)26-50(67(106)85-46(60(74)99)22-25-110-9)88-68(107)52(28-43-30-75-36-79-43)83-57(97)32-78-70(109)59(39(3)4)91-61(100)40(5)81-66(105)51(27-42-29-76-45-17-11-10-16-44(42)45)89-65(104)49(20-21-55(73)95)87-64(103)48(19-13-15-24-72)86-63(102)47(18-12-14-23-71)82-56(96)31-77-62(101)54(35-111-37-80-41(6)94)90-69(108)53(34-93)84-58(98)33-92(7)8/h10-11,16-17,29-30,36,38-40,46-54,59,76,93H,12-15,18-28,31-35,37,71-72H2,1-9H3,(H2,73,95)(H2,74,99)(H,75,79)(H,77,101)(H,78,109)(H,80,94)(H,81,105)(H,82,96)(H,83,97)(H,84,98)(H,85,106)(H,86,102)(H,87,103)(H,88,107)(H,89,104)(H,90,108)(H,91,100)/t40-,46-,47-,48-,49-,50-,51-,52-,53-,54-,59-/m0/s1. The van der Waals surface area contributed by atoms with Crippen molar-refractivity contribution in [2.24, 2.45) is 34.8 Å². The molecule has 11 atom stereocenters.